The number of carbonyl (C=O) groups is 1. The van der Waals surface area contributed by atoms with Crippen LogP contribution in [0.25, 0.3) is 0 Å². The van der Waals surface area contributed by atoms with Crippen LogP contribution in [0.15, 0.2) is 30.3 Å². The number of nitrogens with one attached hydrogen (secondary N) is 1. The van der Waals surface area contributed by atoms with E-state index in [-0.39, 0.29) is 12.5 Å². The number of hydrogen-bond donors (Lipinski definition) is 2. The van der Waals surface area contributed by atoms with Gasteiger partial charge in [0.25, 0.3) is 0 Å². The standard InChI is InChI=1S/C28H49NO3/c1-2-3-4-5-6-7-8-9-10-11-12-13-14-18-22-27(30)25-29(24-19-23-28(31)32)26-20-16-15-17-21-26/h15-17,20-21,27,30H,2-14,18-19,22-25H2,1H3,(H,31,32). The molecule has 0 saturated carbocycles. The minimum atomic E-state index is -1.000. The number of aliphatic carboxylic acids is 1. The van der Waals surface area contributed by atoms with Gasteiger partial charge in [-0.1, -0.05) is 115 Å². The molecule has 1 aromatic rings. The maximum atomic E-state index is 10.7. The Morgan fingerprint density at radius 1 is 0.812 bits per heavy atom. The van der Waals surface area contributed by atoms with Gasteiger partial charge in [-0.05, 0) is 25.0 Å². The lowest BCUT2D eigenvalue weighted by Gasteiger charge is -2.22. The first-order chi connectivity index (χ1) is 15.6. The second-order valence-corrected chi connectivity index (χ2v) is 9.44. The number of aliphatic hydroxyl groups excluding tert-OH is 1. The molecule has 0 bridgehead atoms. The first kappa shape index (κ1) is 28.6. The van der Waals surface area contributed by atoms with Crippen molar-refractivity contribution in [2.24, 2.45) is 0 Å². The Kier molecular flexibility index (Phi) is 18.1. The quantitative estimate of drug-likeness (QED) is 0.247. The van der Waals surface area contributed by atoms with Gasteiger partial charge in [0.2, 0.25) is 0 Å². The minimum absolute atomic E-state index is 0.0748. The highest BCUT2D eigenvalue weighted by molar-refractivity contribution is 5.64. The van der Waals surface area contributed by atoms with Crippen LogP contribution in [0, 0.1) is 0 Å². The van der Waals surface area contributed by atoms with Gasteiger partial charge in [-0.25, -0.2) is 0 Å². The van der Waals surface area contributed by atoms with Crippen LogP contribution in [-0.2, 0) is 4.79 Å². The van der Waals surface area contributed by atoms with Crippen molar-refractivity contribution in [3.8, 4) is 0 Å². The molecule has 0 aliphatic rings. The van der Waals surface area contributed by atoms with Gasteiger partial charge < -0.3 is 19.9 Å². The number of unbranched alkanes of at least 4 members (excludes halogenated alkanes) is 13. The summed E-state index contributed by atoms with van der Waals surface area (Å²) >= 11 is 0. The van der Waals surface area contributed by atoms with Crippen molar-refractivity contribution in [1.29, 1.82) is 0 Å². The molecule has 0 aliphatic carbocycles. The molecule has 184 valence electrons. The number of carboxylic acid groups (broad SMARTS) is 1. The van der Waals surface area contributed by atoms with E-state index in [2.05, 4.69) is 6.92 Å². The molecule has 4 heteroatoms. The maximum Gasteiger partial charge on any atom is 0.131 e. The molecular weight excluding hydrogens is 398 g/mol. The molecule has 4 nitrogen and oxygen atoms in total. The number of carboxylic acids is 1. The number of benzene rings is 1. The molecule has 0 amide bonds. The highest BCUT2D eigenvalue weighted by atomic mass is 16.4. The summed E-state index contributed by atoms with van der Waals surface area (Å²) in [7, 11) is 0. The predicted molar refractivity (Wildman–Crippen MR) is 132 cm³/mol. The molecule has 1 rings (SSSR count). The molecule has 2 unspecified atom stereocenters. The second kappa shape index (κ2) is 20.2. The predicted octanol–water partition coefficient (Wildman–Crippen LogP) is 4.97. The van der Waals surface area contributed by atoms with Crippen LogP contribution in [-0.4, -0.2) is 30.3 Å². The molecule has 32 heavy (non-hydrogen) atoms. The number of carbonyl (C=O) groups excluding carboxylic acids is 1. The zero-order chi connectivity index (χ0) is 23.3. The Hall–Kier alpha value is -1.39. The van der Waals surface area contributed by atoms with E-state index < -0.39 is 5.97 Å². The molecule has 2 atom stereocenters. The normalized spacial score (nSPS) is 13.2. The highest BCUT2D eigenvalue weighted by Crippen LogP contribution is 2.13. The summed E-state index contributed by atoms with van der Waals surface area (Å²) in [5.41, 5.74) is 1.12. The molecule has 2 N–H and O–H groups in total. The zero-order valence-electron chi connectivity index (χ0n) is 20.7. The Bertz CT molecular complexity index is 549. The van der Waals surface area contributed by atoms with Gasteiger partial charge in [0.1, 0.15) is 18.3 Å². The number of aliphatic hydroxyl groups is 1. The van der Waals surface area contributed by atoms with E-state index in [1.807, 2.05) is 30.3 Å². The summed E-state index contributed by atoms with van der Waals surface area (Å²) in [5.74, 6) is -1.000. The molecule has 0 aromatic heterocycles. The van der Waals surface area contributed by atoms with E-state index in [0.717, 1.165) is 23.4 Å². The van der Waals surface area contributed by atoms with E-state index >= 15 is 0 Å². The van der Waals surface area contributed by atoms with Crippen LogP contribution >= 0.6 is 0 Å². The first-order valence-electron chi connectivity index (χ1n) is 13.4. The molecule has 0 saturated heterocycles. The van der Waals surface area contributed by atoms with E-state index in [1.54, 1.807) is 0 Å². The van der Waals surface area contributed by atoms with Gasteiger partial charge in [0, 0.05) is 12.4 Å². The average Bonchev–Trinajstić information content (AvgIpc) is 2.79. The minimum Gasteiger partial charge on any atom is -0.550 e. The lowest BCUT2D eigenvalue weighted by molar-refractivity contribution is -0.837. The van der Waals surface area contributed by atoms with Crippen LogP contribution in [0.1, 0.15) is 116 Å². The van der Waals surface area contributed by atoms with E-state index in [0.29, 0.717) is 19.5 Å². The van der Waals surface area contributed by atoms with Crippen molar-refractivity contribution >= 4 is 11.7 Å². The van der Waals surface area contributed by atoms with Crippen LogP contribution < -0.4 is 10.0 Å². The molecular formula is C28H49NO3. The van der Waals surface area contributed by atoms with Gasteiger partial charge in [-0.15, -0.1) is 0 Å². The number of rotatable bonds is 22. The number of hydrogen-bond acceptors (Lipinski definition) is 3. The van der Waals surface area contributed by atoms with Gasteiger partial charge in [-0.2, -0.15) is 0 Å². The smallest absolute Gasteiger partial charge is 0.131 e. The first-order valence-corrected chi connectivity index (χ1v) is 13.4. The van der Waals surface area contributed by atoms with Crippen molar-refractivity contribution in [3.05, 3.63) is 30.3 Å². The molecule has 0 radical (unpaired) electrons. The molecule has 0 heterocycles. The van der Waals surface area contributed by atoms with Crippen molar-refractivity contribution in [2.45, 2.75) is 122 Å². The lowest BCUT2D eigenvalue weighted by atomic mass is 10.0. The second-order valence-electron chi connectivity index (χ2n) is 9.44. The molecule has 1 aromatic carbocycles. The highest BCUT2D eigenvalue weighted by Gasteiger charge is 2.17. The maximum absolute atomic E-state index is 10.7. The van der Waals surface area contributed by atoms with Gasteiger partial charge >= 0.3 is 0 Å². The van der Waals surface area contributed by atoms with Gasteiger partial charge in [0.15, 0.2) is 0 Å². The zero-order valence-corrected chi connectivity index (χ0v) is 20.7. The lowest BCUT2D eigenvalue weighted by Crippen LogP contribution is -3.08. The Morgan fingerprint density at radius 2 is 1.31 bits per heavy atom. The Morgan fingerprint density at radius 3 is 1.81 bits per heavy atom. The third-order valence-electron chi connectivity index (χ3n) is 6.41. The topological polar surface area (TPSA) is 64.8 Å². The molecule has 0 fully saturated rings. The van der Waals surface area contributed by atoms with Gasteiger partial charge in [0.05, 0.1) is 6.54 Å². The van der Waals surface area contributed by atoms with Crippen LogP contribution in [0.3, 0.4) is 0 Å². The summed E-state index contributed by atoms with van der Waals surface area (Å²) in [6, 6.07) is 10.1. The third kappa shape index (κ3) is 16.3. The number of para-hydroxylation sites is 1. The average molecular weight is 448 g/mol. The largest absolute Gasteiger partial charge is 0.550 e. The van der Waals surface area contributed by atoms with E-state index in [9.17, 15) is 15.0 Å². The van der Waals surface area contributed by atoms with Crippen LogP contribution in [0.4, 0.5) is 5.69 Å². The van der Waals surface area contributed by atoms with Crippen molar-refractivity contribution in [1.82, 2.24) is 0 Å². The van der Waals surface area contributed by atoms with Crippen LogP contribution in [0.2, 0.25) is 0 Å². The monoisotopic (exact) mass is 447 g/mol. The fourth-order valence-electron chi connectivity index (χ4n) is 4.45. The summed E-state index contributed by atoms with van der Waals surface area (Å²) in [6.45, 7) is 3.61. The van der Waals surface area contributed by atoms with E-state index in [4.69, 9.17) is 0 Å². The SMILES string of the molecule is CCCCCCCCCCCCCCCCC(O)C[NH+](CCCC(=O)[O-])c1ccccc1. The summed E-state index contributed by atoms with van der Waals surface area (Å²) in [5, 5.41) is 21.3. The molecule has 0 spiro atoms. The van der Waals surface area contributed by atoms with Crippen LogP contribution in [0.5, 0.6) is 0 Å². The fourth-order valence-corrected chi connectivity index (χ4v) is 4.45. The van der Waals surface area contributed by atoms with Crippen molar-refractivity contribution in [2.75, 3.05) is 13.1 Å². The molecule has 0 aliphatic heterocycles. The Balaban J connectivity index is 2.06. The third-order valence-corrected chi connectivity index (χ3v) is 6.41. The number of quaternary nitrogens is 1. The van der Waals surface area contributed by atoms with Crippen molar-refractivity contribution in [3.63, 3.8) is 0 Å². The Labute approximate surface area is 197 Å². The summed E-state index contributed by atoms with van der Waals surface area (Å²) in [6.07, 6.45) is 19.9. The van der Waals surface area contributed by atoms with Gasteiger partial charge in [-0.3, -0.25) is 0 Å². The summed E-state index contributed by atoms with van der Waals surface area (Å²) in [4.78, 5) is 11.9. The van der Waals surface area contributed by atoms with Crippen molar-refractivity contribution < 1.29 is 19.9 Å². The summed E-state index contributed by atoms with van der Waals surface area (Å²) < 4.78 is 0. The van der Waals surface area contributed by atoms with E-state index in [1.165, 1.54) is 83.5 Å². The fraction of sp³-hybridized carbons (Fsp3) is 0.750.